The molecule has 1 aromatic carbocycles. The Labute approximate surface area is 113 Å². The Balaban J connectivity index is 2.65. The second-order valence-corrected chi connectivity index (χ2v) is 4.54. The van der Waals surface area contributed by atoms with E-state index in [-0.39, 0.29) is 6.04 Å². The van der Waals surface area contributed by atoms with Gasteiger partial charge < -0.3 is 9.47 Å². The first-order valence-electron chi connectivity index (χ1n) is 6.07. The Morgan fingerprint density at radius 3 is 2.83 bits per heavy atom. The van der Waals surface area contributed by atoms with Gasteiger partial charge in [0.2, 0.25) is 0 Å². The summed E-state index contributed by atoms with van der Waals surface area (Å²) in [4.78, 5) is 0. The highest BCUT2D eigenvalue weighted by atomic mass is 35.5. The van der Waals surface area contributed by atoms with Gasteiger partial charge in [0.05, 0.1) is 13.7 Å². The summed E-state index contributed by atoms with van der Waals surface area (Å²) >= 11 is 5.99. The van der Waals surface area contributed by atoms with Crippen molar-refractivity contribution >= 4 is 11.6 Å². The largest absolute Gasteiger partial charge is 0.496 e. The SMILES string of the molecule is CCCOCC(Cc1cc(Cl)ccc1OC)NN. The van der Waals surface area contributed by atoms with Gasteiger partial charge in [-0.15, -0.1) is 0 Å². The van der Waals surface area contributed by atoms with Gasteiger partial charge in [-0.1, -0.05) is 18.5 Å². The summed E-state index contributed by atoms with van der Waals surface area (Å²) in [5, 5.41) is 0.691. The van der Waals surface area contributed by atoms with Crippen LogP contribution in [0.3, 0.4) is 0 Å². The summed E-state index contributed by atoms with van der Waals surface area (Å²) in [6.07, 6.45) is 1.71. The maximum absolute atomic E-state index is 5.99. The molecule has 0 saturated carbocycles. The van der Waals surface area contributed by atoms with Crippen LogP contribution in [0.1, 0.15) is 18.9 Å². The molecule has 0 aliphatic rings. The van der Waals surface area contributed by atoms with Gasteiger partial charge in [-0.3, -0.25) is 11.3 Å². The average molecular weight is 273 g/mol. The molecule has 18 heavy (non-hydrogen) atoms. The average Bonchev–Trinajstić information content (AvgIpc) is 2.38. The molecule has 0 bridgehead atoms. The molecule has 4 nitrogen and oxygen atoms in total. The van der Waals surface area contributed by atoms with Crippen LogP contribution in [-0.2, 0) is 11.2 Å². The quantitative estimate of drug-likeness (QED) is 0.433. The maximum Gasteiger partial charge on any atom is 0.122 e. The normalized spacial score (nSPS) is 12.4. The maximum atomic E-state index is 5.99. The van der Waals surface area contributed by atoms with Crippen LogP contribution >= 0.6 is 11.6 Å². The summed E-state index contributed by atoms with van der Waals surface area (Å²) in [7, 11) is 1.64. The molecular weight excluding hydrogens is 252 g/mol. The second kappa shape index (κ2) is 8.32. The van der Waals surface area contributed by atoms with Crippen molar-refractivity contribution in [1.82, 2.24) is 5.43 Å². The Bertz CT molecular complexity index is 361. The van der Waals surface area contributed by atoms with E-state index in [2.05, 4.69) is 12.3 Å². The minimum absolute atomic E-state index is 0.0453. The summed E-state index contributed by atoms with van der Waals surface area (Å²) in [5.74, 6) is 6.34. The standard InChI is InChI=1S/C13H21ClN2O2/c1-3-6-18-9-12(16-15)8-10-7-11(14)4-5-13(10)17-2/h4-5,7,12,16H,3,6,8-9,15H2,1-2H3. The lowest BCUT2D eigenvalue weighted by atomic mass is 10.1. The smallest absolute Gasteiger partial charge is 0.122 e. The third kappa shape index (κ3) is 4.82. The molecule has 0 radical (unpaired) electrons. The molecule has 0 spiro atoms. The van der Waals surface area contributed by atoms with E-state index in [1.165, 1.54) is 0 Å². The van der Waals surface area contributed by atoms with Crippen molar-refractivity contribution < 1.29 is 9.47 Å². The van der Waals surface area contributed by atoms with Crippen molar-refractivity contribution in [3.05, 3.63) is 28.8 Å². The Kier molecular flexibility index (Phi) is 7.05. The number of ether oxygens (including phenoxy) is 2. The molecule has 1 rings (SSSR count). The van der Waals surface area contributed by atoms with E-state index in [0.717, 1.165) is 24.3 Å². The lowest BCUT2D eigenvalue weighted by Gasteiger charge is -2.17. The molecule has 0 fully saturated rings. The summed E-state index contributed by atoms with van der Waals surface area (Å²) in [6, 6.07) is 5.61. The number of hydrazine groups is 1. The van der Waals surface area contributed by atoms with Gasteiger partial charge in [0.1, 0.15) is 5.75 Å². The Morgan fingerprint density at radius 1 is 1.44 bits per heavy atom. The summed E-state index contributed by atoms with van der Waals surface area (Å²) in [5.41, 5.74) is 3.78. The first kappa shape index (κ1) is 15.2. The van der Waals surface area contributed by atoms with E-state index in [9.17, 15) is 0 Å². The number of methoxy groups -OCH3 is 1. The molecule has 0 aliphatic carbocycles. The van der Waals surface area contributed by atoms with E-state index in [1.807, 2.05) is 18.2 Å². The van der Waals surface area contributed by atoms with Crippen LogP contribution in [0.5, 0.6) is 5.75 Å². The van der Waals surface area contributed by atoms with Crippen LogP contribution in [0.4, 0.5) is 0 Å². The molecule has 0 aromatic heterocycles. The summed E-state index contributed by atoms with van der Waals surface area (Å²) < 4.78 is 10.8. The fourth-order valence-corrected chi connectivity index (χ4v) is 1.90. The summed E-state index contributed by atoms with van der Waals surface area (Å²) in [6.45, 7) is 3.38. The van der Waals surface area contributed by atoms with E-state index in [4.69, 9.17) is 26.9 Å². The van der Waals surface area contributed by atoms with Crippen molar-refractivity contribution in [3.8, 4) is 5.75 Å². The topological polar surface area (TPSA) is 56.5 Å². The van der Waals surface area contributed by atoms with Crippen LogP contribution in [0, 0.1) is 0 Å². The molecule has 102 valence electrons. The molecule has 1 aromatic rings. The number of benzene rings is 1. The molecule has 1 unspecified atom stereocenters. The van der Waals surface area contributed by atoms with Crippen molar-refractivity contribution in [3.63, 3.8) is 0 Å². The first-order chi connectivity index (χ1) is 8.71. The molecule has 1 atom stereocenters. The van der Waals surface area contributed by atoms with E-state index in [0.29, 0.717) is 18.1 Å². The molecule has 0 aliphatic heterocycles. The number of hydrogen-bond acceptors (Lipinski definition) is 4. The van der Waals surface area contributed by atoms with Crippen LogP contribution in [0.25, 0.3) is 0 Å². The predicted octanol–water partition coefficient (Wildman–Crippen LogP) is 2.15. The fourth-order valence-electron chi connectivity index (χ4n) is 1.71. The van der Waals surface area contributed by atoms with Crippen molar-refractivity contribution in [2.45, 2.75) is 25.8 Å². The second-order valence-electron chi connectivity index (χ2n) is 4.10. The molecule has 0 heterocycles. The van der Waals surface area contributed by atoms with Crippen molar-refractivity contribution in [1.29, 1.82) is 0 Å². The van der Waals surface area contributed by atoms with E-state index < -0.39 is 0 Å². The van der Waals surface area contributed by atoms with Crippen molar-refractivity contribution in [2.24, 2.45) is 5.84 Å². The van der Waals surface area contributed by atoms with E-state index >= 15 is 0 Å². The number of nitrogens with two attached hydrogens (primary N) is 1. The number of halogens is 1. The minimum atomic E-state index is 0.0453. The molecule has 5 heteroatoms. The van der Waals surface area contributed by atoms with Gasteiger partial charge in [-0.05, 0) is 36.6 Å². The van der Waals surface area contributed by atoms with Gasteiger partial charge >= 0.3 is 0 Å². The fraction of sp³-hybridized carbons (Fsp3) is 0.538. The van der Waals surface area contributed by atoms with Crippen LogP contribution in [0.15, 0.2) is 18.2 Å². The van der Waals surface area contributed by atoms with Crippen LogP contribution in [0.2, 0.25) is 5.02 Å². The molecule has 3 N–H and O–H groups in total. The third-order valence-corrected chi connectivity index (χ3v) is 2.85. The minimum Gasteiger partial charge on any atom is -0.496 e. The zero-order chi connectivity index (χ0) is 13.4. The van der Waals surface area contributed by atoms with Gasteiger partial charge in [0.25, 0.3) is 0 Å². The Morgan fingerprint density at radius 2 is 2.22 bits per heavy atom. The highest BCUT2D eigenvalue weighted by molar-refractivity contribution is 6.30. The monoisotopic (exact) mass is 272 g/mol. The lowest BCUT2D eigenvalue weighted by molar-refractivity contribution is 0.111. The Hall–Kier alpha value is -0.810. The zero-order valence-electron chi connectivity index (χ0n) is 10.9. The number of nitrogens with one attached hydrogen (secondary N) is 1. The molecule has 0 amide bonds. The molecular formula is C13H21ClN2O2. The predicted molar refractivity (Wildman–Crippen MR) is 73.9 cm³/mol. The molecule has 0 saturated heterocycles. The highest BCUT2D eigenvalue weighted by Gasteiger charge is 2.12. The van der Waals surface area contributed by atoms with Gasteiger partial charge in [-0.25, -0.2) is 0 Å². The van der Waals surface area contributed by atoms with Gasteiger partial charge in [0.15, 0.2) is 0 Å². The third-order valence-electron chi connectivity index (χ3n) is 2.61. The van der Waals surface area contributed by atoms with Gasteiger partial charge in [-0.2, -0.15) is 0 Å². The van der Waals surface area contributed by atoms with Gasteiger partial charge in [0, 0.05) is 17.7 Å². The number of hydrogen-bond donors (Lipinski definition) is 2. The van der Waals surface area contributed by atoms with Crippen LogP contribution < -0.4 is 16.0 Å². The lowest BCUT2D eigenvalue weighted by Crippen LogP contribution is -2.40. The van der Waals surface area contributed by atoms with Crippen molar-refractivity contribution in [2.75, 3.05) is 20.3 Å². The first-order valence-corrected chi connectivity index (χ1v) is 6.45. The number of rotatable bonds is 8. The zero-order valence-corrected chi connectivity index (χ0v) is 11.7. The van der Waals surface area contributed by atoms with Crippen LogP contribution in [-0.4, -0.2) is 26.4 Å². The van der Waals surface area contributed by atoms with E-state index in [1.54, 1.807) is 7.11 Å². The highest BCUT2D eigenvalue weighted by Crippen LogP contribution is 2.23.